The zero-order chi connectivity index (χ0) is 11.3. The van der Waals surface area contributed by atoms with E-state index >= 15 is 0 Å². The second-order valence-electron chi connectivity index (χ2n) is 4.09. The van der Waals surface area contributed by atoms with Gasteiger partial charge in [0, 0.05) is 25.4 Å². The molecule has 0 spiro atoms. The summed E-state index contributed by atoms with van der Waals surface area (Å²) >= 11 is 0. The van der Waals surface area contributed by atoms with E-state index in [0.29, 0.717) is 13.0 Å². The lowest BCUT2D eigenvalue weighted by atomic mass is 9.81. The third-order valence-corrected chi connectivity index (χ3v) is 2.89. The first kappa shape index (κ1) is 12.1. The number of aromatic nitrogens is 3. The molecular formula is C10H20N4O. The van der Waals surface area contributed by atoms with E-state index in [4.69, 9.17) is 5.73 Å². The normalized spacial score (nSPS) is 15.2. The maximum absolute atomic E-state index is 9.46. The average molecular weight is 212 g/mol. The first-order chi connectivity index (χ1) is 7.17. The molecule has 15 heavy (non-hydrogen) atoms. The minimum absolute atomic E-state index is 0.101. The van der Waals surface area contributed by atoms with Crippen molar-refractivity contribution in [2.45, 2.75) is 26.2 Å². The Kier molecular flexibility index (Phi) is 4.23. The topological polar surface area (TPSA) is 77.0 Å². The van der Waals surface area contributed by atoms with Crippen molar-refractivity contribution in [3.63, 3.8) is 0 Å². The third-order valence-electron chi connectivity index (χ3n) is 2.89. The van der Waals surface area contributed by atoms with Crippen molar-refractivity contribution >= 4 is 0 Å². The molecule has 0 fully saturated rings. The summed E-state index contributed by atoms with van der Waals surface area (Å²) in [6, 6.07) is 0. The molecule has 1 atom stereocenters. The third kappa shape index (κ3) is 2.76. The lowest BCUT2D eigenvalue weighted by molar-refractivity contribution is 0.118. The zero-order valence-corrected chi connectivity index (χ0v) is 9.48. The van der Waals surface area contributed by atoms with Crippen molar-refractivity contribution in [3.05, 3.63) is 12.2 Å². The Balaban J connectivity index is 2.78. The van der Waals surface area contributed by atoms with Crippen LogP contribution in [0.25, 0.3) is 0 Å². The Labute approximate surface area is 90.3 Å². The van der Waals surface area contributed by atoms with Crippen molar-refractivity contribution in [2.75, 3.05) is 13.2 Å². The second kappa shape index (κ2) is 5.23. The van der Waals surface area contributed by atoms with Gasteiger partial charge in [0.1, 0.15) is 12.2 Å². The molecule has 0 aromatic carbocycles. The molecule has 1 unspecified atom stereocenters. The molecule has 0 radical (unpaired) electrons. The van der Waals surface area contributed by atoms with E-state index in [9.17, 15) is 5.11 Å². The molecule has 1 rings (SSSR count). The molecule has 0 amide bonds. The smallest absolute Gasteiger partial charge is 0.138 e. The minimum atomic E-state index is -0.241. The molecule has 5 heteroatoms. The van der Waals surface area contributed by atoms with Crippen molar-refractivity contribution in [1.82, 2.24) is 14.8 Å². The summed E-state index contributed by atoms with van der Waals surface area (Å²) in [6.45, 7) is 2.67. The van der Waals surface area contributed by atoms with Gasteiger partial charge in [0.25, 0.3) is 0 Å². The summed E-state index contributed by atoms with van der Waals surface area (Å²) in [5.41, 5.74) is 5.51. The van der Waals surface area contributed by atoms with Crippen LogP contribution in [0.5, 0.6) is 0 Å². The molecule has 0 bridgehead atoms. The van der Waals surface area contributed by atoms with Gasteiger partial charge in [0.05, 0.1) is 6.61 Å². The quantitative estimate of drug-likeness (QED) is 0.701. The number of hydrogen-bond acceptors (Lipinski definition) is 4. The monoisotopic (exact) mass is 212 g/mol. The summed E-state index contributed by atoms with van der Waals surface area (Å²) in [7, 11) is 1.85. The largest absolute Gasteiger partial charge is 0.396 e. The van der Waals surface area contributed by atoms with Gasteiger partial charge in [-0.1, -0.05) is 13.3 Å². The lowest BCUT2D eigenvalue weighted by Crippen LogP contribution is -2.37. The fourth-order valence-corrected chi connectivity index (χ4v) is 1.81. The molecule has 0 aliphatic rings. The van der Waals surface area contributed by atoms with Gasteiger partial charge in [0.2, 0.25) is 0 Å². The molecule has 86 valence electrons. The Morgan fingerprint density at radius 1 is 1.60 bits per heavy atom. The molecule has 5 nitrogen and oxygen atoms in total. The summed E-state index contributed by atoms with van der Waals surface area (Å²) in [5, 5.41) is 13.5. The highest BCUT2D eigenvalue weighted by Gasteiger charge is 2.28. The van der Waals surface area contributed by atoms with Crippen molar-refractivity contribution in [1.29, 1.82) is 0 Å². The summed E-state index contributed by atoms with van der Waals surface area (Å²) in [4.78, 5) is 4.16. The highest BCUT2D eigenvalue weighted by molar-refractivity contribution is 4.94. The summed E-state index contributed by atoms with van der Waals surface area (Å²) in [5.74, 6) is 0.878. The number of aryl methyl sites for hydroxylation is 1. The van der Waals surface area contributed by atoms with Gasteiger partial charge >= 0.3 is 0 Å². The highest BCUT2D eigenvalue weighted by atomic mass is 16.3. The Bertz CT molecular complexity index is 293. The first-order valence-corrected chi connectivity index (χ1v) is 5.31. The van der Waals surface area contributed by atoms with Crippen LogP contribution in [0, 0.1) is 5.41 Å². The van der Waals surface area contributed by atoms with Gasteiger partial charge in [-0.05, 0) is 6.42 Å². The van der Waals surface area contributed by atoms with E-state index in [1.54, 1.807) is 4.68 Å². The van der Waals surface area contributed by atoms with E-state index in [-0.39, 0.29) is 12.0 Å². The van der Waals surface area contributed by atoms with Crippen molar-refractivity contribution in [3.8, 4) is 0 Å². The molecule has 0 saturated carbocycles. The molecule has 0 aliphatic carbocycles. The van der Waals surface area contributed by atoms with Crippen LogP contribution in [0.2, 0.25) is 0 Å². The van der Waals surface area contributed by atoms with Crippen LogP contribution < -0.4 is 5.73 Å². The number of nitrogens with two attached hydrogens (primary N) is 1. The first-order valence-electron chi connectivity index (χ1n) is 5.31. The number of rotatable bonds is 6. The van der Waals surface area contributed by atoms with Gasteiger partial charge in [-0.25, -0.2) is 4.98 Å². The van der Waals surface area contributed by atoms with Crippen LogP contribution in [0.4, 0.5) is 0 Å². The molecule has 1 heterocycles. The van der Waals surface area contributed by atoms with Crippen LogP contribution in [0.1, 0.15) is 25.6 Å². The summed E-state index contributed by atoms with van der Waals surface area (Å²) < 4.78 is 1.73. The van der Waals surface area contributed by atoms with Gasteiger partial charge < -0.3 is 10.8 Å². The highest BCUT2D eigenvalue weighted by Crippen LogP contribution is 2.26. The predicted molar refractivity (Wildman–Crippen MR) is 58.2 cm³/mol. The molecule has 1 aromatic rings. The number of hydrogen-bond donors (Lipinski definition) is 2. The van der Waals surface area contributed by atoms with Crippen LogP contribution >= 0.6 is 0 Å². The molecule has 0 saturated heterocycles. The van der Waals surface area contributed by atoms with E-state index in [1.165, 1.54) is 6.33 Å². The van der Waals surface area contributed by atoms with Crippen LogP contribution in [-0.2, 0) is 13.5 Å². The molecular weight excluding hydrogens is 192 g/mol. The van der Waals surface area contributed by atoms with E-state index in [2.05, 4.69) is 17.0 Å². The fraction of sp³-hybridized carbons (Fsp3) is 0.800. The van der Waals surface area contributed by atoms with Crippen LogP contribution in [0.3, 0.4) is 0 Å². The van der Waals surface area contributed by atoms with Crippen LogP contribution in [0.15, 0.2) is 6.33 Å². The minimum Gasteiger partial charge on any atom is -0.396 e. The summed E-state index contributed by atoms with van der Waals surface area (Å²) in [6.07, 6.45) is 4.13. The van der Waals surface area contributed by atoms with Crippen LogP contribution in [-0.4, -0.2) is 33.0 Å². The Hall–Kier alpha value is -0.940. The number of nitrogens with zero attached hydrogens (tertiary/aromatic N) is 3. The van der Waals surface area contributed by atoms with Gasteiger partial charge in [-0.2, -0.15) is 5.10 Å². The molecule has 0 aliphatic heterocycles. The molecule has 1 aromatic heterocycles. The van der Waals surface area contributed by atoms with Crippen molar-refractivity contribution < 1.29 is 5.11 Å². The Morgan fingerprint density at radius 3 is 2.73 bits per heavy atom. The molecule has 3 N–H and O–H groups in total. The average Bonchev–Trinajstić information content (AvgIpc) is 2.63. The maximum Gasteiger partial charge on any atom is 0.138 e. The fourth-order valence-electron chi connectivity index (χ4n) is 1.81. The second-order valence-corrected chi connectivity index (χ2v) is 4.09. The zero-order valence-electron chi connectivity index (χ0n) is 9.48. The maximum atomic E-state index is 9.46. The predicted octanol–water partition coefficient (Wildman–Crippen LogP) is 0.0951. The van der Waals surface area contributed by atoms with E-state index in [1.807, 2.05) is 7.05 Å². The SMILES string of the molecule is CCCC(CN)(CO)Cc1ncnn1C. The lowest BCUT2D eigenvalue weighted by Gasteiger charge is -2.29. The Morgan fingerprint density at radius 2 is 2.33 bits per heavy atom. The van der Waals surface area contributed by atoms with E-state index in [0.717, 1.165) is 18.7 Å². The van der Waals surface area contributed by atoms with Crippen molar-refractivity contribution in [2.24, 2.45) is 18.2 Å². The number of aliphatic hydroxyl groups excluding tert-OH is 1. The standard InChI is InChI=1S/C10H20N4O/c1-3-4-10(6-11,7-15)5-9-12-8-13-14(9)2/h8,15H,3-7,11H2,1-2H3. The van der Waals surface area contributed by atoms with E-state index < -0.39 is 0 Å². The van der Waals surface area contributed by atoms with Gasteiger partial charge in [0.15, 0.2) is 0 Å². The van der Waals surface area contributed by atoms with Gasteiger partial charge in [-0.3, -0.25) is 4.68 Å². The number of aliphatic hydroxyl groups is 1. The van der Waals surface area contributed by atoms with Gasteiger partial charge in [-0.15, -0.1) is 0 Å².